The first-order valence-corrected chi connectivity index (χ1v) is 6.56. The predicted octanol–water partition coefficient (Wildman–Crippen LogP) is 2.04. The Morgan fingerprint density at radius 3 is 2.89 bits per heavy atom. The Labute approximate surface area is 113 Å². The first-order chi connectivity index (χ1) is 9.20. The minimum atomic E-state index is 0.149. The van der Waals surface area contributed by atoms with Gasteiger partial charge in [-0.25, -0.2) is 0 Å². The van der Waals surface area contributed by atoms with E-state index in [1.165, 1.54) is 0 Å². The van der Waals surface area contributed by atoms with Gasteiger partial charge in [0, 0.05) is 38.4 Å². The second-order valence-corrected chi connectivity index (χ2v) is 4.67. The van der Waals surface area contributed by atoms with Crippen LogP contribution in [-0.4, -0.2) is 38.0 Å². The number of rotatable bonds is 6. The number of benzene rings is 1. The average Bonchev–Trinajstić information content (AvgIpc) is 2.84. The Morgan fingerprint density at radius 2 is 2.16 bits per heavy atom. The fourth-order valence-corrected chi connectivity index (χ4v) is 1.99. The van der Waals surface area contributed by atoms with Gasteiger partial charge in [0.2, 0.25) is 5.91 Å². The van der Waals surface area contributed by atoms with E-state index >= 15 is 0 Å². The van der Waals surface area contributed by atoms with E-state index < -0.39 is 0 Å². The number of amides is 1. The molecule has 0 saturated heterocycles. The summed E-state index contributed by atoms with van der Waals surface area (Å²) in [6.07, 6.45) is 1.14. The molecule has 1 amide bonds. The second kappa shape index (κ2) is 6.38. The summed E-state index contributed by atoms with van der Waals surface area (Å²) in [6.45, 7) is 1.54. The lowest BCUT2D eigenvalue weighted by Crippen LogP contribution is -2.32. The summed E-state index contributed by atoms with van der Waals surface area (Å²) in [4.78, 5) is 13.6. The molecule has 0 atom stereocenters. The van der Waals surface area contributed by atoms with E-state index in [0.717, 1.165) is 29.8 Å². The molecule has 0 spiro atoms. The van der Waals surface area contributed by atoms with Gasteiger partial charge >= 0.3 is 0 Å². The van der Waals surface area contributed by atoms with E-state index in [2.05, 4.69) is 5.32 Å². The number of para-hydroxylation sites is 1. The molecule has 1 aromatic heterocycles. The van der Waals surface area contributed by atoms with E-state index in [1.807, 2.05) is 44.4 Å². The van der Waals surface area contributed by atoms with Crippen LogP contribution >= 0.6 is 0 Å². The van der Waals surface area contributed by atoms with Crippen LogP contribution in [0.3, 0.4) is 0 Å². The molecular formula is C15H20N2O2. The molecule has 19 heavy (non-hydrogen) atoms. The lowest BCUT2D eigenvalue weighted by atomic mass is 10.2. The predicted molar refractivity (Wildman–Crippen MR) is 76.1 cm³/mol. The van der Waals surface area contributed by atoms with Crippen molar-refractivity contribution in [2.24, 2.45) is 0 Å². The molecule has 2 aromatic rings. The molecule has 1 aromatic carbocycles. The molecule has 0 aliphatic heterocycles. The molecule has 1 heterocycles. The van der Waals surface area contributed by atoms with Crippen molar-refractivity contribution in [2.75, 3.05) is 27.2 Å². The van der Waals surface area contributed by atoms with Crippen molar-refractivity contribution in [1.82, 2.24) is 10.2 Å². The Bertz CT molecular complexity index is 515. The largest absolute Gasteiger partial charge is 0.461 e. The summed E-state index contributed by atoms with van der Waals surface area (Å²) < 4.78 is 5.70. The molecule has 0 radical (unpaired) electrons. The van der Waals surface area contributed by atoms with E-state index in [9.17, 15) is 4.79 Å². The lowest BCUT2D eigenvalue weighted by Gasteiger charge is -2.16. The molecule has 0 fully saturated rings. The molecule has 102 valence electrons. The van der Waals surface area contributed by atoms with E-state index in [1.54, 1.807) is 4.90 Å². The Kier molecular flexibility index (Phi) is 4.58. The molecule has 0 unspecified atom stereocenters. The first kappa shape index (κ1) is 13.6. The van der Waals surface area contributed by atoms with Crippen molar-refractivity contribution >= 4 is 16.9 Å². The standard InChI is InChI=1S/C15H20N2O2/c1-16-9-10-17(2)15(18)8-7-13-11-12-5-3-4-6-14(12)19-13/h3-6,11,16H,7-10H2,1-2H3. The second-order valence-electron chi connectivity index (χ2n) is 4.67. The Balaban J connectivity index is 1.89. The van der Waals surface area contributed by atoms with Crippen molar-refractivity contribution < 1.29 is 9.21 Å². The zero-order valence-corrected chi connectivity index (χ0v) is 11.5. The van der Waals surface area contributed by atoms with Crippen molar-refractivity contribution in [3.8, 4) is 0 Å². The van der Waals surface area contributed by atoms with E-state index in [4.69, 9.17) is 4.42 Å². The highest BCUT2D eigenvalue weighted by molar-refractivity contribution is 5.78. The highest BCUT2D eigenvalue weighted by Crippen LogP contribution is 2.19. The van der Waals surface area contributed by atoms with Crippen LogP contribution in [0, 0.1) is 0 Å². The third-order valence-corrected chi connectivity index (χ3v) is 3.18. The third-order valence-electron chi connectivity index (χ3n) is 3.18. The minimum Gasteiger partial charge on any atom is -0.461 e. The summed E-state index contributed by atoms with van der Waals surface area (Å²) >= 11 is 0. The molecular weight excluding hydrogens is 240 g/mol. The third kappa shape index (κ3) is 3.58. The van der Waals surface area contributed by atoms with Gasteiger partial charge in [-0.15, -0.1) is 0 Å². The number of furan rings is 1. The van der Waals surface area contributed by atoms with Gasteiger partial charge in [0.15, 0.2) is 0 Å². The summed E-state index contributed by atoms with van der Waals surface area (Å²) in [7, 11) is 3.71. The molecule has 1 N–H and O–H groups in total. The van der Waals surface area contributed by atoms with Crippen LogP contribution in [0.1, 0.15) is 12.2 Å². The van der Waals surface area contributed by atoms with Gasteiger partial charge < -0.3 is 14.6 Å². The number of carbonyl (C=O) groups excluding carboxylic acids is 1. The lowest BCUT2D eigenvalue weighted by molar-refractivity contribution is -0.129. The van der Waals surface area contributed by atoms with Gasteiger partial charge in [0.25, 0.3) is 0 Å². The van der Waals surface area contributed by atoms with Crippen LogP contribution in [0.4, 0.5) is 0 Å². The summed E-state index contributed by atoms with van der Waals surface area (Å²) in [5.74, 6) is 1.02. The number of aryl methyl sites for hydroxylation is 1. The van der Waals surface area contributed by atoms with Crippen LogP contribution in [0.15, 0.2) is 34.7 Å². The summed E-state index contributed by atoms with van der Waals surface area (Å²) in [5.41, 5.74) is 0.883. The van der Waals surface area contributed by atoms with Gasteiger partial charge in [-0.05, 0) is 19.2 Å². The normalized spacial score (nSPS) is 10.8. The van der Waals surface area contributed by atoms with E-state index in [-0.39, 0.29) is 5.91 Å². The maximum absolute atomic E-state index is 11.9. The number of hydrogen-bond donors (Lipinski definition) is 1. The number of fused-ring (bicyclic) bond motifs is 1. The van der Waals surface area contributed by atoms with Gasteiger partial charge in [-0.2, -0.15) is 0 Å². The van der Waals surface area contributed by atoms with Gasteiger partial charge in [0.05, 0.1) is 0 Å². The van der Waals surface area contributed by atoms with Gasteiger partial charge in [-0.3, -0.25) is 4.79 Å². The number of hydrogen-bond acceptors (Lipinski definition) is 3. The van der Waals surface area contributed by atoms with Crippen LogP contribution < -0.4 is 5.32 Å². The Hall–Kier alpha value is -1.81. The molecule has 2 rings (SSSR count). The van der Waals surface area contributed by atoms with Crippen LogP contribution in [0.25, 0.3) is 11.0 Å². The number of carbonyl (C=O) groups is 1. The van der Waals surface area contributed by atoms with Crippen LogP contribution in [-0.2, 0) is 11.2 Å². The SMILES string of the molecule is CNCCN(C)C(=O)CCc1cc2ccccc2o1. The van der Waals surface area contributed by atoms with Gasteiger partial charge in [-0.1, -0.05) is 18.2 Å². The fraction of sp³-hybridized carbons (Fsp3) is 0.400. The fourth-order valence-electron chi connectivity index (χ4n) is 1.99. The van der Waals surface area contributed by atoms with Crippen LogP contribution in [0.5, 0.6) is 0 Å². The minimum absolute atomic E-state index is 0.149. The van der Waals surface area contributed by atoms with Crippen molar-refractivity contribution in [2.45, 2.75) is 12.8 Å². The quantitative estimate of drug-likeness (QED) is 0.864. The van der Waals surface area contributed by atoms with Crippen molar-refractivity contribution in [3.05, 3.63) is 36.1 Å². The Morgan fingerprint density at radius 1 is 1.37 bits per heavy atom. The van der Waals surface area contributed by atoms with E-state index in [0.29, 0.717) is 12.8 Å². The van der Waals surface area contributed by atoms with Crippen molar-refractivity contribution in [1.29, 1.82) is 0 Å². The average molecular weight is 260 g/mol. The van der Waals surface area contributed by atoms with Crippen molar-refractivity contribution in [3.63, 3.8) is 0 Å². The van der Waals surface area contributed by atoms with Gasteiger partial charge in [0.1, 0.15) is 11.3 Å². The monoisotopic (exact) mass is 260 g/mol. The zero-order valence-electron chi connectivity index (χ0n) is 11.5. The molecule has 4 nitrogen and oxygen atoms in total. The highest BCUT2D eigenvalue weighted by atomic mass is 16.3. The zero-order chi connectivity index (χ0) is 13.7. The maximum atomic E-state index is 11.9. The maximum Gasteiger partial charge on any atom is 0.222 e. The number of nitrogens with one attached hydrogen (secondary N) is 1. The topological polar surface area (TPSA) is 45.5 Å². The summed E-state index contributed by atoms with van der Waals surface area (Å²) in [5, 5.41) is 4.12. The number of likely N-dealkylation sites (N-methyl/N-ethyl adjacent to an activating group) is 2. The highest BCUT2D eigenvalue weighted by Gasteiger charge is 2.10. The first-order valence-electron chi connectivity index (χ1n) is 6.56. The summed E-state index contributed by atoms with van der Waals surface area (Å²) in [6, 6.07) is 9.91. The number of nitrogens with zero attached hydrogens (tertiary/aromatic N) is 1. The van der Waals surface area contributed by atoms with Crippen LogP contribution in [0.2, 0.25) is 0 Å². The molecule has 0 saturated carbocycles. The molecule has 0 aliphatic carbocycles. The molecule has 4 heteroatoms. The smallest absolute Gasteiger partial charge is 0.222 e. The molecule has 0 bridgehead atoms. The molecule has 0 aliphatic rings.